The Morgan fingerprint density at radius 1 is 1.32 bits per heavy atom. The lowest BCUT2D eigenvalue weighted by atomic mass is 9.78. The summed E-state index contributed by atoms with van der Waals surface area (Å²) in [5.41, 5.74) is -0.283. The highest BCUT2D eigenvalue weighted by molar-refractivity contribution is 5.99. The van der Waals surface area contributed by atoms with Crippen LogP contribution in [0.15, 0.2) is 12.1 Å². The zero-order valence-electron chi connectivity index (χ0n) is 15.2. The topological polar surface area (TPSA) is 90.7 Å². The zero-order valence-corrected chi connectivity index (χ0v) is 15.2. The lowest BCUT2D eigenvalue weighted by Crippen LogP contribution is -2.43. The van der Waals surface area contributed by atoms with Crippen LogP contribution in [0.25, 0.3) is 0 Å². The van der Waals surface area contributed by atoms with Crippen molar-refractivity contribution < 1.29 is 19.2 Å². The van der Waals surface area contributed by atoms with E-state index in [-0.39, 0.29) is 23.0 Å². The standard InChI is InChI=1S/C18H26N2O5/c1-5-25-17-10-15(20(22)23)13(9-16(17)24-4)18(21)19-14-8-6-7-11(2)12(14)3/h9-12,14H,5-8H2,1-4H3,(H,19,21)/t11-,12-,14-/m1/s1. The van der Waals surface area contributed by atoms with E-state index in [4.69, 9.17) is 9.47 Å². The number of carbonyl (C=O) groups excluding carboxylic acids is 1. The number of carbonyl (C=O) groups is 1. The van der Waals surface area contributed by atoms with Gasteiger partial charge in [0.15, 0.2) is 11.5 Å². The molecule has 0 bridgehead atoms. The fourth-order valence-corrected chi connectivity index (χ4v) is 3.34. The summed E-state index contributed by atoms with van der Waals surface area (Å²) in [5, 5.41) is 14.4. The van der Waals surface area contributed by atoms with Gasteiger partial charge in [0.05, 0.1) is 24.7 Å². The third-order valence-electron chi connectivity index (χ3n) is 5.05. The van der Waals surface area contributed by atoms with Crippen molar-refractivity contribution in [2.45, 2.75) is 46.1 Å². The number of hydrogen-bond donors (Lipinski definition) is 1. The molecule has 0 spiro atoms. The van der Waals surface area contributed by atoms with Gasteiger partial charge in [0, 0.05) is 12.1 Å². The van der Waals surface area contributed by atoms with Gasteiger partial charge in [-0.1, -0.05) is 26.7 Å². The molecular weight excluding hydrogens is 324 g/mol. The van der Waals surface area contributed by atoms with Crippen molar-refractivity contribution in [2.24, 2.45) is 11.8 Å². The summed E-state index contributed by atoms with van der Waals surface area (Å²) in [6.07, 6.45) is 3.08. The van der Waals surface area contributed by atoms with Crippen LogP contribution in [-0.2, 0) is 0 Å². The summed E-state index contributed by atoms with van der Waals surface area (Å²) in [5.74, 6) is 0.972. The average molecular weight is 350 g/mol. The third kappa shape index (κ3) is 4.21. The van der Waals surface area contributed by atoms with Crippen LogP contribution in [0.5, 0.6) is 11.5 Å². The summed E-state index contributed by atoms with van der Waals surface area (Å²) in [6, 6.07) is 2.66. The van der Waals surface area contributed by atoms with Crippen LogP contribution in [0, 0.1) is 22.0 Å². The lowest BCUT2D eigenvalue weighted by molar-refractivity contribution is -0.385. The van der Waals surface area contributed by atoms with E-state index < -0.39 is 10.8 Å². The normalized spacial score (nSPS) is 23.0. The molecule has 138 valence electrons. The maximum atomic E-state index is 12.7. The molecule has 1 aliphatic carbocycles. The molecule has 1 aromatic rings. The quantitative estimate of drug-likeness (QED) is 0.626. The van der Waals surface area contributed by atoms with E-state index in [0.717, 1.165) is 19.3 Å². The van der Waals surface area contributed by atoms with Crippen molar-refractivity contribution in [1.82, 2.24) is 5.32 Å². The first-order valence-electron chi connectivity index (χ1n) is 8.69. The van der Waals surface area contributed by atoms with Gasteiger partial charge >= 0.3 is 0 Å². The molecule has 1 aromatic carbocycles. The molecule has 3 atom stereocenters. The third-order valence-corrected chi connectivity index (χ3v) is 5.05. The van der Waals surface area contributed by atoms with Gasteiger partial charge in [-0.3, -0.25) is 14.9 Å². The zero-order chi connectivity index (χ0) is 18.6. The van der Waals surface area contributed by atoms with Crippen molar-refractivity contribution in [3.05, 3.63) is 27.8 Å². The number of nitrogens with one attached hydrogen (secondary N) is 1. The van der Waals surface area contributed by atoms with E-state index in [1.54, 1.807) is 6.92 Å². The van der Waals surface area contributed by atoms with E-state index in [1.807, 2.05) is 0 Å². The molecule has 0 unspecified atom stereocenters. The Morgan fingerprint density at radius 3 is 2.64 bits per heavy atom. The van der Waals surface area contributed by atoms with Gasteiger partial charge in [-0.25, -0.2) is 0 Å². The van der Waals surface area contributed by atoms with Gasteiger partial charge in [0.25, 0.3) is 11.6 Å². The molecule has 2 rings (SSSR count). The smallest absolute Gasteiger partial charge is 0.286 e. The number of methoxy groups -OCH3 is 1. The molecule has 0 saturated heterocycles. The SMILES string of the molecule is CCOc1cc([N+](=O)[O-])c(C(=O)N[C@@H]2CCC[C@@H](C)[C@H]2C)cc1OC. The van der Waals surface area contributed by atoms with Crippen LogP contribution < -0.4 is 14.8 Å². The fraction of sp³-hybridized carbons (Fsp3) is 0.611. The largest absolute Gasteiger partial charge is 0.493 e. The Morgan fingerprint density at radius 2 is 2.04 bits per heavy atom. The number of benzene rings is 1. The number of rotatable bonds is 6. The molecule has 1 N–H and O–H groups in total. The summed E-state index contributed by atoms with van der Waals surface area (Å²) < 4.78 is 10.6. The van der Waals surface area contributed by atoms with Crippen LogP contribution in [0.2, 0.25) is 0 Å². The van der Waals surface area contributed by atoms with E-state index >= 15 is 0 Å². The van der Waals surface area contributed by atoms with Gasteiger partial charge in [0.2, 0.25) is 0 Å². The predicted octanol–water partition coefficient (Wildman–Crippen LogP) is 3.56. The van der Waals surface area contributed by atoms with Gasteiger partial charge in [-0.2, -0.15) is 0 Å². The number of hydrogen-bond acceptors (Lipinski definition) is 5. The minimum Gasteiger partial charge on any atom is -0.493 e. The Kier molecular flexibility index (Phi) is 6.22. The Balaban J connectivity index is 2.32. The van der Waals surface area contributed by atoms with Gasteiger partial charge in [0.1, 0.15) is 5.56 Å². The summed E-state index contributed by atoms with van der Waals surface area (Å²) >= 11 is 0. The molecule has 1 saturated carbocycles. The van der Waals surface area contributed by atoms with Gasteiger partial charge < -0.3 is 14.8 Å². The van der Waals surface area contributed by atoms with E-state index in [1.165, 1.54) is 19.2 Å². The highest BCUT2D eigenvalue weighted by Gasteiger charge is 2.31. The minimum atomic E-state index is -0.566. The fourth-order valence-electron chi connectivity index (χ4n) is 3.34. The Labute approximate surface area is 147 Å². The predicted molar refractivity (Wildman–Crippen MR) is 94.3 cm³/mol. The first-order chi connectivity index (χ1) is 11.9. The molecule has 1 amide bonds. The van der Waals surface area contributed by atoms with Crippen molar-refractivity contribution in [3.8, 4) is 11.5 Å². The van der Waals surface area contributed by atoms with Crippen LogP contribution >= 0.6 is 0 Å². The van der Waals surface area contributed by atoms with Gasteiger partial charge in [-0.15, -0.1) is 0 Å². The average Bonchev–Trinajstić information content (AvgIpc) is 2.58. The van der Waals surface area contributed by atoms with Gasteiger partial charge in [-0.05, 0) is 25.2 Å². The van der Waals surface area contributed by atoms with Crippen molar-refractivity contribution >= 4 is 11.6 Å². The molecule has 1 fully saturated rings. The summed E-state index contributed by atoms with van der Waals surface area (Å²) in [6.45, 7) is 6.40. The van der Waals surface area contributed by atoms with Crippen molar-refractivity contribution in [2.75, 3.05) is 13.7 Å². The number of ether oxygens (including phenoxy) is 2. The van der Waals surface area contributed by atoms with Crippen LogP contribution in [-0.4, -0.2) is 30.6 Å². The number of nitro groups is 1. The Bertz CT molecular complexity index is 647. The highest BCUT2D eigenvalue weighted by atomic mass is 16.6. The maximum Gasteiger partial charge on any atom is 0.286 e. The monoisotopic (exact) mass is 350 g/mol. The van der Waals surface area contributed by atoms with Crippen LogP contribution in [0.4, 0.5) is 5.69 Å². The first-order valence-corrected chi connectivity index (χ1v) is 8.69. The molecular formula is C18H26N2O5. The number of amides is 1. The summed E-state index contributed by atoms with van der Waals surface area (Å²) in [4.78, 5) is 23.6. The van der Waals surface area contributed by atoms with E-state index in [9.17, 15) is 14.9 Å². The molecule has 0 aliphatic heterocycles. The number of nitrogens with zero attached hydrogens (tertiary/aromatic N) is 1. The van der Waals surface area contributed by atoms with Crippen molar-refractivity contribution in [3.63, 3.8) is 0 Å². The second-order valence-corrected chi connectivity index (χ2v) is 6.56. The molecule has 25 heavy (non-hydrogen) atoms. The second kappa shape index (κ2) is 8.18. The molecule has 7 heteroatoms. The molecule has 7 nitrogen and oxygen atoms in total. The first kappa shape index (κ1) is 19.0. The minimum absolute atomic E-state index is 0.00395. The van der Waals surface area contributed by atoms with E-state index in [0.29, 0.717) is 24.2 Å². The van der Waals surface area contributed by atoms with Crippen LogP contribution in [0.3, 0.4) is 0 Å². The van der Waals surface area contributed by atoms with Crippen molar-refractivity contribution in [1.29, 1.82) is 0 Å². The molecule has 0 heterocycles. The molecule has 0 radical (unpaired) electrons. The summed E-state index contributed by atoms with van der Waals surface area (Å²) in [7, 11) is 1.44. The lowest BCUT2D eigenvalue weighted by Gasteiger charge is -2.34. The Hall–Kier alpha value is -2.31. The molecule has 1 aliphatic rings. The second-order valence-electron chi connectivity index (χ2n) is 6.56. The maximum absolute atomic E-state index is 12.7. The number of nitro benzene ring substituents is 1. The van der Waals surface area contributed by atoms with Crippen LogP contribution in [0.1, 0.15) is 50.4 Å². The molecule has 0 aromatic heterocycles. The highest BCUT2D eigenvalue weighted by Crippen LogP contribution is 2.35. The van der Waals surface area contributed by atoms with E-state index in [2.05, 4.69) is 19.2 Å².